The predicted octanol–water partition coefficient (Wildman–Crippen LogP) is 5.58. The van der Waals surface area contributed by atoms with Gasteiger partial charge in [0, 0.05) is 22.9 Å². The maximum Gasteiger partial charge on any atom is 0.223 e. The van der Waals surface area contributed by atoms with Gasteiger partial charge in [-0.3, -0.25) is 4.79 Å². The van der Waals surface area contributed by atoms with Crippen LogP contribution in [0.2, 0.25) is 5.02 Å². The molecule has 0 aliphatic carbocycles. The highest BCUT2D eigenvalue weighted by molar-refractivity contribution is 7.99. The van der Waals surface area contributed by atoms with E-state index in [0.717, 1.165) is 42.3 Å². The molecular weight excluding hydrogens is 366 g/mol. The first-order valence-electron chi connectivity index (χ1n) is 8.99. The molecule has 3 rings (SSSR count). The zero-order chi connectivity index (χ0) is 18.4. The van der Waals surface area contributed by atoms with Crippen LogP contribution in [-0.4, -0.2) is 30.2 Å². The highest BCUT2D eigenvalue weighted by Gasteiger charge is 2.29. The van der Waals surface area contributed by atoms with E-state index < -0.39 is 0 Å². The van der Waals surface area contributed by atoms with E-state index in [-0.39, 0.29) is 11.9 Å². The minimum absolute atomic E-state index is 0.206. The van der Waals surface area contributed by atoms with E-state index in [1.165, 1.54) is 10.5 Å². The van der Waals surface area contributed by atoms with Crippen molar-refractivity contribution in [2.24, 2.45) is 0 Å². The Bertz CT molecular complexity index is 718. The molecule has 0 bridgehead atoms. The van der Waals surface area contributed by atoms with Crippen LogP contribution in [0.25, 0.3) is 0 Å². The fraction of sp³-hybridized carbons (Fsp3) is 0.381. The first kappa shape index (κ1) is 19.1. The normalized spacial score (nSPS) is 16.7. The molecule has 1 saturated heterocycles. The Kier molecular flexibility index (Phi) is 6.86. The monoisotopic (exact) mass is 389 g/mol. The van der Waals surface area contributed by atoms with Gasteiger partial charge in [0.2, 0.25) is 5.91 Å². The third kappa shape index (κ3) is 4.95. The third-order valence-electron chi connectivity index (χ3n) is 4.69. The van der Waals surface area contributed by atoms with Crippen molar-refractivity contribution in [3.05, 3.63) is 59.1 Å². The van der Waals surface area contributed by atoms with Crippen molar-refractivity contribution in [2.45, 2.75) is 36.6 Å². The zero-order valence-electron chi connectivity index (χ0n) is 15.0. The van der Waals surface area contributed by atoms with Crippen molar-refractivity contribution < 1.29 is 9.53 Å². The molecule has 1 unspecified atom stereocenters. The minimum Gasteiger partial charge on any atom is -0.497 e. The maximum atomic E-state index is 12.7. The van der Waals surface area contributed by atoms with E-state index in [9.17, 15) is 4.79 Å². The van der Waals surface area contributed by atoms with Crippen LogP contribution in [0, 0.1) is 0 Å². The van der Waals surface area contributed by atoms with Crippen LogP contribution in [0.5, 0.6) is 5.75 Å². The smallest absolute Gasteiger partial charge is 0.223 e. The molecule has 1 fully saturated rings. The molecule has 1 aliphatic rings. The summed E-state index contributed by atoms with van der Waals surface area (Å²) in [5, 5.41) is 0.753. The van der Waals surface area contributed by atoms with Gasteiger partial charge in [-0.15, -0.1) is 11.8 Å². The van der Waals surface area contributed by atoms with Gasteiger partial charge in [0.1, 0.15) is 5.75 Å². The molecule has 1 atom stereocenters. The van der Waals surface area contributed by atoms with Crippen LogP contribution in [0.1, 0.15) is 37.3 Å². The molecule has 1 aliphatic heterocycles. The molecule has 2 aromatic carbocycles. The van der Waals surface area contributed by atoms with E-state index in [1.54, 1.807) is 18.9 Å². The van der Waals surface area contributed by atoms with Gasteiger partial charge in [0.15, 0.2) is 0 Å². The van der Waals surface area contributed by atoms with Crippen LogP contribution in [0.15, 0.2) is 53.4 Å². The molecule has 0 N–H and O–H groups in total. The van der Waals surface area contributed by atoms with E-state index in [0.29, 0.717) is 6.42 Å². The van der Waals surface area contributed by atoms with Gasteiger partial charge in [0.25, 0.3) is 0 Å². The lowest BCUT2D eigenvalue weighted by Crippen LogP contribution is -2.30. The molecule has 0 spiro atoms. The van der Waals surface area contributed by atoms with Gasteiger partial charge in [0.05, 0.1) is 13.2 Å². The van der Waals surface area contributed by atoms with Gasteiger partial charge >= 0.3 is 0 Å². The highest BCUT2D eigenvalue weighted by Crippen LogP contribution is 2.33. The maximum absolute atomic E-state index is 12.7. The fourth-order valence-corrected chi connectivity index (χ4v) is 4.30. The number of benzene rings is 2. The number of hydrogen-bond acceptors (Lipinski definition) is 3. The van der Waals surface area contributed by atoms with Crippen LogP contribution in [0.4, 0.5) is 0 Å². The van der Waals surface area contributed by atoms with Crippen molar-refractivity contribution in [1.82, 2.24) is 4.90 Å². The van der Waals surface area contributed by atoms with Crippen molar-refractivity contribution in [1.29, 1.82) is 0 Å². The Balaban J connectivity index is 1.49. The summed E-state index contributed by atoms with van der Waals surface area (Å²) < 4.78 is 5.22. The van der Waals surface area contributed by atoms with Gasteiger partial charge in [-0.25, -0.2) is 0 Å². The molecule has 5 heteroatoms. The number of carbonyl (C=O) groups excluding carboxylic acids is 1. The van der Waals surface area contributed by atoms with Crippen molar-refractivity contribution in [3.63, 3.8) is 0 Å². The second-order valence-electron chi connectivity index (χ2n) is 6.42. The number of rotatable bonds is 7. The molecule has 138 valence electrons. The van der Waals surface area contributed by atoms with E-state index in [2.05, 4.69) is 17.0 Å². The lowest BCUT2D eigenvalue weighted by atomic mass is 10.0. The van der Waals surface area contributed by atoms with Gasteiger partial charge in [-0.05, 0) is 67.0 Å². The van der Waals surface area contributed by atoms with Crippen LogP contribution >= 0.6 is 23.4 Å². The summed E-state index contributed by atoms with van der Waals surface area (Å²) in [5.41, 5.74) is 1.20. The average Bonchev–Trinajstić information content (AvgIpc) is 3.16. The number of thioether (sulfide) groups is 1. The number of nitrogens with zero attached hydrogens (tertiary/aromatic N) is 1. The Morgan fingerprint density at radius 3 is 2.62 bits per heavy atom. The lowest BCUT2D eigenvalue weighted by Gasteiger charge is -2.25. The molecular formula is C21H24ClNO2S. The van der Waals surface area contributed by atoms with E-state index in [1.807, 2.05) is 36.4 Å². The number of likely N-dealkylation sites (tertiary alicyclic amines) is 1. The topological polar surface area (TPSA) is 29.5 Å². The minimum atomic E-state index is 0.206. The summed E-state index contributed by atoms with van der Waals surface area (Å²) in [6.07, 6.45) is 3.60. The van der Waals surface area contributed by atoms with Crippen LogP contribution in [0.3, 0.4) is 0 Å². The van der Waals surface area contributed by atoms with E-state index >= 15 is 0 Å². The molecule has 3 nitrogen and oxygen atoms in total. The summed E-state index contributed by atoms with van der Waals surface area (Å²) in [4.78, 5) is 15.9. The second-order valence-corrected chi connectivity index (χ2v) is 8.03. The van der Waals surface area contributed by atoms with Crippen LogP contribution < -0.4 is 4.74 Å². The lowest BCUT2D eigenvalue weighted by molar-refractivity contribution is -0.132. The zero-order valence-corrected chi connectivity index (χ0v) is 16.6. The van der Waals surface area contributed by atoms with Crippen molar-refractivity contribution in [2.75, 3.05) is 19.4 Å². The Morgan fingerprint density at radius 2 is 1.92 bits per heavy atom. The standard InChI is InChI=1S/C21H24ClNO2S/c1-25-18-10-6-16(7-11-18)20-4-2-14-23(20)21(24)5-3-15-26-19-12-8-17(22)9-13-19/h6-13,20H,2-5,14-15H2,1H3. The first-order chi connectivity index (χ1) is 12.7. The number of methoxy groups -OCH3 is 1. The number of carbonyl (C=O) groups is 1. The molecule has 1 amide bonds. The number of hydrogen-bond donors (Lipinski definition) is 0. The quantitative estimate of drug-likeness (QED) is 0.457. The molecule has 0 aromatic heterocycles. The summed E-state index contributed by atoms with van der Waals surface area (Å²) in [7, 11) is 1.67. The second kappa shape index (κ2) is 9.33. The van der Waals surface area contributed by atoms with Crippen LogP contribution in [-0.2, 0) is 4.79 Å². The summed E-state index contributed by atoms with van der Waals surface area (Å²) in [6.45, 7) is 0.861. The number of halogens is 1. The van der Waals surface area contributed by atoms with E-state index in [4.69, 9.17) is 16.3 Å². The SMILES string of the molecule is COc1ccc(C2CCCN2C(=O)CCCSc2ccc(Cl)cc2)cc1. The average molecular weight is 390 g/mol. The van der Waals surface area contributed by atoms with Gasteiger partial charge in [-0.1, -0.05) is 23.7 Å². The van der Waals surface area contributed by atoms with Gasteiger partial charge in [-0.2, -0.15) is 0 Å². The fourth-order valence-electron chi connectivity index (χ4n) is 3.33. The molecule has 2 aromatic rings. The first-order valence-corrected chi connectivity index (χ1v) is 10.4. The van der Waals surface area contributed by atoms with Crippen molar-refractivity contribution in [3.8, 4) is 5.75 Å². The Morgan fingerprint density at radius 1 is 1.19 bits per heavy atom. The molecule has 26 heavy (non-hydrogen) atoms. The summed E-state index contributed by atoms with van der Waals surface area (Å²) in [6, 6.07) is 16.1. The van der Waals surface area contributed by atoms with Gasteiger partial charge < -0.3 is 9.64 Å². The largest absolute Gasteiger partial charge is 0.497 e. The van der Waals surface area contributed by atoms with Crippen molar-refractivity contribution >= 4 is 29.3 Å². The molecule has 0 radical (unpaired) electrons. The number of amides is 1. The summed E-state index contributed by atoms with van der Waals surface area (Å²) >= 11 is 7.67. The Labute approximate surface area is 164 Å². The number of ether oxygens (including phenoxy) is 1. The molecule has 0 saturated carbocycles. The predicted molar refractivity (Wildman–Crippen MR) is 108 cm³/mol. The summed E-state index contributed by atoms with van der Waals surface area (Å²) in [5.74, 6) is 2.05. The highest BCUT2D eigenvalue weighted by atomic mass is 35.5. The molecule has 1 heterocycles. The third-order valence-corrected chi connectivity index (χ3v) is 6.04. The Hall–Kier alpha value is -1.65.